The summed E-state index contributed by atoms with van der Waals surface area (Å²) in [6, 6.07) is 6.74. The third kappa shape index (κ3) is 2.40. The molecule has 0 radical (unpaired) electrons. The molecular formula is C15H15N3O3. The van der Waals surface area contributed by atoms with Gasteiger partial charge in [0.15, 0.2) is 5.76 Å². The number of aromatic carboxylic acids is 1. The molecule has 3 rings (SSSR count). The number of rotatable bonds is 4. The molecule has 0 unspecified atom stereocenters. The largest absolute Gasteiger partial charge is 0.478 e. The summed E-state index contributed by atoms with van der Waals surface area (Å²) >= 11 is 0. The number of imidazole rings is 1. The normalized spacial score (nSPS) is 11.4. The fourth-order valence-electron chi connectivity index (χ4n) is 2.36. The number of aromatic nitrogens is 3. The summed E-state index contributed by atoms with van der Waals surface area (Å²) in [6.45, 7) is 4.58. The molecule has 2 aromatic heterocycles. The highest BCUT2D eigenvalue weighted by Crippen LogP contribution is 2.24. The van der Waals surface area contributed by atoms with Crippen LogP contribution in [0.25, 0.3) is 11.0 Å². The molecular weight excluding hydrogens is 270 g/mol. The van der Waals surface area contributed by atoms with E-state index >= 15 is 0 Å². The van der Waals surface area contributed by atoms with E-state index in [-0.39, 0.29) is 11.5 Å². The van der Waals surface area contributed by atoms with Gasteiger partial charge in [0.2, 0.25) is 0 Å². The second kappa shape index (κ2) is 5.05. The van der Waals surface area contributed by atoms with Gasteiger partial charge in [-0.15, -0.1) is 0 Å². The van der Waals surface area contributed by atoms with E-state index in [2.05, 4.69) is 24.0 Å². The van der Waals surface area contributed by atoms with Crippen molar-refractivity contribution in [3.63, 3.8) is 0 Å². The quantitative estimate of drug-likeness (QED) is 0.797. The predicted molar refractivity (Wildman–Crippen MR) is 76.4 cm³/mol. The Balaban J connectivity index is 2.18. The summed E-state index contributed by atoms with van der Waals surface area (Å²) < 4.78 is 7.13. The third-order valence-corrected chi connectivity index (χ3v) is 3.35. The number of carboxylic acids is 1. The summed E-state index contributed by atoms with van der Waals surface area (Å²) in [5.41, 5.74) is 1.81. The van der Waals surface area contributed by atoms with Gasteiger partial charge in [0.25, 0.3) is 0 Å². The molecule has 0 saturated carbocycles. The van der Waals surface area contributed by atoms with Gasteiger partial charge in [-0.2, -0.15) is 0 Å². The molecule has 6 heteroatoms. The number of hydrogen-bond donors (Lipinski definition) is 1. The minimum Gasteiger partial charge on any atom is -0.478 e. The van der Waals surface area contributed by atoms with Gasteiger partial charge in [-0.3, -0.25) is 0 Å². The zero-order valence-corrected chi connectivity index (χ0v) is 11.8. The Morgan fingerprint density at radius 3 is 2.81 bits per heavy atom. The van der Waals surface area contributed by atoms with E-state index < -0.39 is 5.97 Å². The fourth-order valence-corrected chi connectivity index (χ4v) is 2.36. The lowest BCUT2D eigenvalue weighted by Crippen LogP contribution is -2.06. The molecule has 1 aromatic carbocycles. The summed E-state index contributed by atoms with van der Waals surface area (Å²) in [7, 11) is 0. The lowest BCUT2D eigenvalue weighted by molar-refractivity contribution is 0.0697. The van der Waals surface area contributed by atoms with E-state index in [1.165, 1.54) is 0 Å². The van der Waals surface area contributed by atoms with Crippen LogP contribution in [0.3, 0.4) is 0 Å². The first-order chi connectivity index (χ1) is 10.1. The van der Waals surface area contributed by atoms with Gasteiger partial charge in [0, 0.05) is 12.0 Å². The molecule has 108 valence electrons. The third-order valence-electron chi connectivity index (χ3n) is 3.35. The number of benzene rings is 1. The summed E-state index contributed by atoms with van der Waals surface area (Å²) in [5, 5.41) is 12.8. The van der Waals surface area contributed by atoms with E-state index in [0.29, 0.717) is 12.3 Å². The monoisotopic (exact) mass is 285 g/mol. The van der Waals surface area contributed by atoms with Crippen LogP contribution in [-0.4, -0.2) is 25.8 Å². The molecule has 2 heterocycles. The van der Waals surface area contributed by atoms with Crippen molar-refractivity contribution in [3.8, 4) is 0 Å². The Bertz CT molecular complexity index is 788. The number of nitrogens with zero attached hydrogens (tertiary/aromatic N) is 3. The van der Waals surface area contributed by atoms with Crippen LogP contribution in [0.1, 0.15) is 41.7 Å². The number of hydrogen-bond acceptors (Lipinski definition) is 4. The molecule has 3 aromatic rings. The molecule has 0 aliphatic rings. The lowest BCUT2D eigenvalue weighted by Gasteiger charge is -2.09. The van der Waals surface area contributed by atoms with Crippen LogP contribution in [0.4, 0.5) is 0 Å². The fraction of sp³-hybridized carbons (Fsp3) is 0.267. The predicted octanol–water partition coefficient (Wildman–Crippen LogP) is 2.89. The maximum absolute atomic E-state index is 11.2. The zero-order chi connectivity index (χ0) is 15.0. The maximum atomic E-state index is 11.2. The highest BCUT2D eigenvalue weighted by Gasteiger charge is 2.16. The van der Waals surface area contributed by atoms with Gasteiger partial charge >= 0.3 is 5.97 Å². The second-order valence-electron chi connectivity index (χ2n) is 5.20. The van der Waals surface area contributed by atoms with Crippen molar-refractivity contribution in [2.75, 3.05) is 0 Å². The van der Waals surface area contributed by atoms with Crippen molar-refractivity contribution in [3.05, 3.63) is 47.6 Å². The van der Waals surface area contributed by atoms with Crippen LogP contribution in [-0.2, 0) is 6.54 Å². The van der Waals surface area contributed by atoms with Crippen LogP contribution < -0.4 is 0 Å². The smallest absolute Gasteiger partial charge is 0.335 e. The van der Waals surface area contributed by atoms with Crippen molar-refractivity contribution in [2.45, 2.75) is 26.3 Å². The van der Waals surface area contributed by atoms with Crippen LogP contribution in [0.2, 0.25) is 0 Å². The summed E-state index contributed by atoms with van der Waals surface area (Å²) in [5.74, 6) is 0.866. The molecule has 0 saturated heterocycles. The lowest BCUT2D eigenvalue weighted by atomic mass is 10.2. The van der Waals surface area contributed by atoms with Crippen LogP contribution >= 0.6 is 0 Å². The van der Waals surface area contributed by atoms with E-state index in [0.717, 1.165) is 16.9 Å². The van der Waals surface area contributed by atoms with Gasteiger partial charge in [-0.05, 0) is 18.2 Å². The van der Waals surface area contributed by atoms with Gasteiger partial charge in [0.1, 0.15) is 5.82 Å². The average molecular weight is 285 g/mol. The van der Waals surface area contributed by atoms with E-state index in [4.69, 9.17) is 9.63 Å². The molecule has 0 amide bonds. The highest BCUT2D eigenvalue weighted by atomic mass is 16.5. The number of carboxylic acid groups (broad SMARTS) is 1. The Labute approximate surface area is 121 Å². The molecule has 6 nitrogen and oxygen atoms in total. The van der Waals surface area contributed by atoms with Crippen LogP contribution in [0, 0.1) is 0 Å². The molecule has 0 aliphatic carbocycles. The van der Waals surface area contributed by atoms with Crippen molar-refractivity contribution in [1.82, 2.24) is 14.7 Å². The molecule has 0 fully saturated rings. The molecule has 0 atom stereocenters. The van der Waals surface area contributed by atoms with Crippen LogP contribution in [0.5, 0.6) is 0 Å². The number of fused-ring (bicyclic) bond motifs is 1. The van der Waals surface area contributed by atoms with Crippen molar-refractivity contribution in [1.29, 1.82) is 0 Å². The zero-order valence-electron chi connectivity index (χ0n) is 11.8. The molecule has 0 bridgehead atoms. The number of carbonyl (C=O) groups is 1. The maximum Gasteiger partial charge on any atom is 0.335 e. The highest BCUT2D eigenvalue weighted by molar-refractivity contribution is 5.92. The first-order valence-electron chi connectivity index (χ1n) is 6.69. The molecule has 0 spiro atoms. The molecule has 0 aliphatic heterocycles. The Hall–Kier alpha value is -2.63. The SMILES string of the molecule is CC(C)c1nc2ccc(C(=O)O)cc2n1Cc1ccno1. The first kappa shape index (κ1) is 13.4. The first-order valence-corrected chi connectivity index (χ1v) is 6.69. The second-order valence-corrected chi connectivity index (χ2v) is 5.20. The summed E-state index contributed by atoms with van der Waals surface area (Å²) in [4.78, 5) is 15.8. The van der Waals surface area contributed by atoms with Gasteiger partial charge in [-0.25, -0.2) is 9.78 Å². The topological polar surface area (TPSA) is 81.1 Å². The van der Waals surface area contributed by atoms with Gasteiger partial charge < -0.3 is 14.2 Å². The van der Waals surface area contributed by atoms with Gasteiger partial charge in [-0.1, -0.05) is 19.0 Å². The standard InChI is InChI=1S/C15H15N3O3/c1-9(2)14-17-12-4-3-10(15(19)20)7-13(12)18(14)8-11-5-6-16-21-11/h3-7,9H,8H2,1-2H3,(H,19,20). The Morgan fingerprint density at radius 1 is 1.38 bits per heavy atom. The van der Waals surface area contributed by atoms with E-state index in [1.54, 1.807) is 30.5 Å². The van der Waals surface area contributed by atoms with Crippen molar-refractivity contribution in [2.24, 2.45) is 0 Å². The van der Waals surface area contributed by atoms with Gasteiger partial charge in [0.05, 0.1) is 29.3 Å². The minimum atomic E-state index is -0.949. The molecule has 1 N–H and O–H groups in total. The minimum absolute atomic E-state index is 0.216. The Kier molecular flexibility index (Phi) is 3.21. The van der Waals surface area contributed by atoms with Crippen molar-refractivity contribution >= 4 is 17.0 Å². The van der Waals surface area contributed by atoms with Crippen LogP contribution in [0.15, 0.2) is 35.0 Å². The average Bonchev–Trinajstić information content (AvgIpc) is 3.06. The van der Waals surface area contributed by atoms with E-state index in [1.807, 2.05) is 4.57 Å². The molecule has 21 heavy (non-hydrogen) atoms. The summed E-state index contributed by atoms with van der Waals surface area (Å²) in [6.07, 6.45) is 1.59. The Morgan fingerprint density at radius 2 is 2.19 bits per heavy atom. The van der Waals surface area contributed by atoms with E-state index in [9.17, 15) is 4.79 Å². The van der Waals surface area contributed by atoms with Crippen molar-refractivity contribution < 1.29 is 14.4 Å².